The fourth-order valence-corrected chi connectivity index (χ4v) is 0.827. The van der Waals surface area contributed by atoms with Gasteiger partial charge in [-0.3, -0.25) is 0 Å². The molecule has 0 atom stereocenters. The molecule has 0 rings (SSSR count). The lowest BCUT2D eigenvalue weighted by atomic mass is 10.4. The van der Waals surface area contributed by atoms with Crippen molar-refractivity contribution in [2.75, 3.05) is 19.7 Å². The molecule has 0 aliphatic rings. The van der Waals surface area contributed by atoms with E-state index in [1.54, 1.807) is 17.9 Å². The van der Waals surface area contributed by atoms with Crippen molar-refractivity contribution in [2.24, 2.45) is 0 Å². The Kier molecular flexibility index (Phi) is 6.69. The van der Waals surface area contributed by atoms with Crippen LogP contribution in [0, 0.1) is 0 Å². The van der Waals surface area contributed by atoms with E-state index in [1.165, 1.54) is 0 Å². The molecule has 0 aromatic heterocycles. The summed E-state index contributed by atoms with van der Waals surface area (Å²) in [7, 11) is 0. The Balaban J connectivity index is 4.05. The molecule has 1 amide bonds. The quantitative estimate of drug-likeness (QED) is 0.611. The van der Waals surface area contributed by atoms with Crippen LogP contribution in [-0.2, 0) is 4.74 Å². The van der Waals surface area contributed by atoms with Gasteiger partial charge in [-0.05, 0) is 13.8 Å². The van der Waals surface area contributed by atoms with Gasteiger partial charge in [-0.1, -0.05) is 18.2 Å². The molecule has 0 bridgehead atoms. The first-order valence-corrected chi connectivity index (χ1v) is 4.40. The van der Waals surface area contributed by atoms with Crippen LogP contribution < -0.4 is 0 Å². The van der Waals surface area contributed by atoms with Crippen LogP contribution in [0.25, 0.3) is 0 Å². The number of allylic oxidation sites excluding steroid dienone is 1. The number of carbonyl (C=O) groups excluding carboxylic acids is 1. The minimum Gasteiger partial charge on any atom is -0.450 e. The lowest BCUT2D eigenvalue weighted by molar-refractivity contribution is 0.115. The highest BCUT2D eigenvalue weighted by molar-refractivity contribution is 5.67. The van der Waals surface area contributed by atoms with E-state index < -0.39 is 0 Å². The van der Waals surface area contributed by atoms with Gasteiger partial charge in [0.2, 0.25) is 0 Å². The molecule has 0 fully saturated rings. The van der Waals surface area contributed by atoms with Crippen LogP contribution in [-0.4, -0.2) is 30.7 Å². The van der Waals surface area contributed by atoms with E-state index in [1.807, 2.05) is 19.1 Å². The number of carbonyl (C=O) groups is 1. The number of nitrogens with zero attached hydrogens (tertiary/aromatic N) is 1. The van der Waals surface area contributed by atoms with Crippen molar-refractivity contribution in [3.8, 4) is 0 Å². The first kappa shape index (κ1) is 11.8. The number of amides is 1. The predicted octanol–water partition coefficient (Wildman–Crippen LogP) is 2.21. The van der Waals surface area contributed by atoms with Gasteiger partial charge in [0.25, 0.3) is 0 Å². The SMILES string of the molecule is C=CCN(CC=CC)C(=O)OCC. The van der Waals surface area contributed by atoms with E-state index in [9.17, 15) is 4.79 Å². The second-order valence-electron chi connectivity index (χ2n) is 2.46. The number of ether oxygens (including phenoxy) is 1. The predicted molar refractivity (Wildman–Crippen MR) is 53.6 cm³/mol. The van der Waals surface area contributed by atoms with Crippen molar-refractivity contribution in [3.63, 3.8) is 0 Å². The van der Waals surface area contributed by atoms with Gasteiger partial charge >= 0.3 is 6.09 Å². The Hall–Kier alpha value is -1.25. The maximum atomic E-state index is 11.3. The van der Waals surface area contributed by atoms with Crippen LogP contribution in [0.4, 0.5) is 4.79 Å². The summed E-state index contributed by atoms with van der Waals surface area (Å²) < 4.78 is 4.86. The Morgan fingerprint density at radius 3 is 2.69 bits per heavy atom. The van der Waals surface area contributed by atoms with Gasteiger partial charge in [0, 0.05) is 13.1 Å². The first-order valence-electron chi connectivity index (χ1n) is 4.40. The summed E-state index contributed by atoms with van der Waals surface area (Å²) in [6.07, 6.45) is 5.19. The molecular weight excluding hydrogens is 166 g/mol. The summed E-state index contributed by atoms with van der Waals surface area (Å²) in [5.74, 6) is 0. The van der Waals surface area contributed by atoms with Crippen LogP contribution >= 0.6 is 0 Å². The fourth-order valence-electron chi connectivity index (χ4n) is 0.827. The van der Waals surface area contributed by atoms with E-state index in [0.29, 0.717) is 19.7 Å². The molecule has 0 saturated carbocycles. The Morgan fingerprint density at radius 1 is 1.54 bits per heavy atom. The molecule has 0 aromatic rings. The average Bonchev–Trinajstić information content (AvgIpc) is 2.12. The number of rotatable bonds is 5. The van der Waals surface area contributed by atoms with Crippen molar-refractivity contribution >= 4 is 6.09 Å². The van der Waals surface area contributed by atoms with Crippen LogP contribution in [0.15, 0.2) is 24.8 Å². The number of hydrogen-bond donors (Lipinski definition) is 0. The van der Waals surface area contributed by atoms with E-state index >= 15 is 0 Å². The summed E-state index contributed by atoms with van der Waals surface area (Å²) in [4.78, 5) is 12.8. The molecule has 0 unspecified atom stereocenters. The lowest BCUT2D eigenvalue weighted by Crippen LogP contribution is -2.31. The van der Waals surface area contributed by atoms with Gasteiger partial charge in [-0.2, -0.15) is 0 Å². The standard InChI is InChI=1S/C10H17NO2/c1-4-7-9-11(8-5-2)10(12)13-6-3/h4-5,7H,2,6,8-9H2,1,3H3. The maximum absolute atomic E-state index is 11.3. The van der Waals surface area contributed by atoms with E-state index in [2.05, 4.69) is 6.58 Å². The van der Waals surface area contributed by atoms with Gasteiger partial charge in [0.05, 0.1) is 6.61 Å². The molecule has 3 nitrogen and oxygen atoms in total. The Bertz CT molecular complexity index is 187. The summed E-state index contributed by atoms with van der Waals surface area (Å²) in [6, 6.07) is 0. The molecule has 0 aromatic carbocycles. The second kappa shape index (κ2) is 7.40. The minimum absolute atomic E-state index is 0.291. The molecule has 0 saturated heterocycles. The molecule has 0 aliphatic carbocycles. The largest absolute Gasteiger partial charge is 0.450 e. The molecule has 0 heterocycles. The van der Waals surface area contributed by atoms with Crippen molar-refractivity contribution in [2.45, 2.75) is 13.8 Å². The summed E-state index contributed by atoms with van der Waals surface area (Å²) >= 11 is 0. The molecular formula is C10H17NO2. The highest BCUT2D eigenvalue weighted by Gasteiger charge is 2.09. The smallest absolute Gasteiger partial charge is 0.410 e. The average molecular weight is 183 g/mol. The molecule has 0 spiro atoms. The highest BCUT2D eigenvalue weighted by atomic mass is 16.6. The molecule has 0 radical (unpaired) electrons. The van der Waals surface area contributed by atoms with Crippen molar-refractivity contribution in [3.05, 3.63) is 24.8 Å². The van der Waals surface area contributed by atoms with Gasteiger partial charge in [-0.25, -0.2) is 4.79 Å². The summed E-state index contributed by atoms with van der Waals surface area (Å²) in [5, 5.41) is 0. The second-order valence-corrected chi connectivity index (χ2v) is 2.46. The lowest BCUT2D eigenvalue weighted by Gasteiger charge is -2.17. The first-order chi connectivity index (χ1) is 6.26. The van der Waals surface area contributed by atoms with E-state index in [4.69, 9.17) is 4.74 Å². The van der Waals surface area contributed by atoms with Gasteiger partial charge < -0.3 is 9.64 Å². The third kappa shape index (κ3) is 5.06. The molecule has 74 valence electrons. The molecule has 0 aliphatic heterocycles. The fraction of sp³-hybridized carbons (Fsp3) is 0.500. The van der Waals surface area contributed by atoms with Crippen LogP contribution in [0.5, 0.6) is 0 Å². The highest BCUT2D eigenvalue weighted by Crippen LogP contribution is 1.95. The van der Waals surface area contributed by atoms with Gasteiger partial charge in [0.1, 0.15) is 0 Å². The van der Waals surface area contributed by atoms with Crippen molar-refractivity contribution < 1.29 is 9.53 Å². The van der Waals surface area contributed by atoms with Crippen LogP contribution in [0.1, 0.15) is 13.8 Å². The van der Waals surface area contributed by atoms with Gasteiger partial charge in [-0.15, -0.1) is 6.58 Å². The maximum Gasteiger partial charge on any atom is 0.410 e. The third-order valence-electron chi connectivity index (χ3n) is 1.44. The van der Waals surface area contributed by atoms with Crippen LogP contribution in [0.3, 0.4) is 0 Å². The monoisotopic (exact) mass is 183 g/mol. The molecule has 0 N–H and O–H groups in total. The zero-order valence-electron chi connectivity index (χ0n) is 8.32. The summed E-state index contributed by atoms with van der Waals surface area (Å²) in [6.45, 7) is 8.78. The molecule has 13 heavy (non-hydrogen) atoms. The van der Waals surface area contributed by atoms with Crippen molar-refractivity contribution in [1.82, 2.24) is 4.90 Å². The zero-order chi connectivity index (χ0) is 10.1. The molecule has 3 heteroatoms. The van der Waals surface area contributed by atoms with Crippen molar-refractivity contribution in [1.29, 1.82) is 0 Å². The summed E-state index contributed by atoms with van der Waals surface area (Å²) in [5.41, 5.74) is 0. The number of hydrogen-bond acceptors (Lipinski definition) is 2. The third-order valence-corrected chi connectivity index (χ3v) is 1.44. The Labute approximate surface area is 79.7 Å². The Morgan fingerprint density at radius 2 is 2.23 bits per heavy atom. The minimum atomic E-state index is -0.291. The van der Waals surface area contributed by atoms with Crippen LogP contribution in [0.2, 0.25) is 0 Å². The normalized spacial score (nSPS) is 10.0. The van der Waals surface area contributed by atoms with E-state index in [0.717, 1.165) is 0 Å². The zero-order valence-corrected chi connectivity index (χ0v) is 8.32. The topological polar surface area (TPSA) is 29.5 Å². The van der Waals surface area contributed by atoms with E-state index in [-0.39, 0.29) is 6.09 Å². The van der Waals surface area contributed by atoms with Gasteiger partial charge in [0.15, 0.2) is 0 Å².